The Balaban J connectivity index is 1.57. The number of aryl methyl sites for hydroxylation is 1. The van der Waals surface area contributed by atoms with Gasteiger partial charge >= 0.3 is 6.03 Å². The first-order valence-corrected chi connectivity index (χ1v) is 10.8. The number of anilines is 2. The number of nitrogen functional groups attached to an aromatic ring is 2. The second-order valence-electron chi connectivity index (χ2n) is 8.04. The third kappa shape index (κ3) is 4.67. The van der Waals surface area contributed by atoms with E-state index in [1.165, 1.54) is 0 Å². The Morgan fingerprint density at radius 3 is 2.29 bits per heavy atom. The van der Waals surface area contributed by atoms with Crippen LogP contribution < -0.4 is 26.7 Å². The number of urea groups is 1. The van der Waals surface area contributed by atoms with Gasteiger partial charge in [-0.3, -0.25) is 4.79 Å². The molecule has 178 valence electrons. The lowest BCUT2D eigenvalue weighted by Crippen LogP contribution is -2.39. The van der Waals surface area contributed by atoms with Crippen molar-refractivity contribution in [1.82, 2.24) is 15.6 Å². The van der Waals surface area contributed by atoms with Gasteiger partial charge in [0.05, 0.1) is 16.1 Å². The molecular formula is C25H26N7O3+. The number of benzene rings is 3. The van der Waals surface area contributed by atoms with E-state index in [-0.39, 0.29) is 19.0 Å². The lowest BCUT2D eigenvalue weighted by Gasteiger charge is -2.12. The van der Waals surface area contributed by atoms with E-state index in [1.54, 1.807) is 12.1 Å². The van der Waals surface area contributed by atoms with Crippen molar-refractivity contribution in [3.05, 3.63) is 71.1 Å². The van der Waals surface area contributed by atoms with Crippen LogP contribution in [-0.2, 0) is 7.05 Å². The Kier molecular flexibility index (Phi) is 6.08. The lowest BCUT2D eigenvalue weighted by molar-refractivity contribution is -0.632. The van der Waals surface area contributed by atoms with Crippen molar-refractivity contribution < 1.29 is 15.5 Å². The van der Waals surface area contributed by atoms with E-state index in [4.69, 9.17) is 12.8 Å². The molecule has 10 nitrogen and oxygen atoms in total. The van der Waals surface area contributed by atoms with Gasteiger partial charge in [0.2, 0.25) is 11.2 Å². The maximum Gasteiger partial charge on any atom is 0.340 e. The molecule has 3 amide bonds. The minimum Gasteiger partial charge on any atom is -0.399 e. The molecule has 0 unspecified atom stereocenters. The van der Waals surface area contributed by atoms with Crippen LogP contribution in [0.2, 0.25) is 0 Å². The molecule has 0 aliphatic carbocycles. The fraction of sp³-hybridized carbons (Fsp3) is 0.160. The first kappa shape index (κ1) is 22.1. The molecule has 1 aromatic heterocycles. The maximum atomic E-state index is 12.6. The number of carbonyl (C=O) groups excluding carboxylic acids is 2. The Bertz CT molecular complexity index is 1470. The quantitative estimate of drug-likeness (QED) is 0.0847. The average molecular weight is 475 g/mol. The van der Waals surface area contributed by atoms with E-state index in [9.17, 15) is 14.5 Å². The topological polar surface area (TPSA) is 147 Å². The minimum atomic E-state index is -0.795. The van der Waals surface area contributed by atoms with Crippen molar-refractivity contribution in [3.8, 4) is 11.3 Å². The van der Waals surface area contributed by atoms with Crippen molar-refractivity contribution in [3.63, 3.8) is 0 Å². The summed E-state index contributed by atoms with van der Waals surface area (Å²) >= 11 is 0. The molecule has 0 atom stereocenters. The molecule has 0 spiro atoms. The molecule has 35 heavy (non-hydrogen) atoms. The predicted octanol–water partition coefficient (Wildman–Crippen LogP) is 2.70. The summed E-state index contributed by atoms with van der Waals surface area (Å²) in [7, 11) is 1.38. The van der Waals surface area contributed by atoms with Gasteiger partial charge in [0.15, 0.2) is 0 Å². The van der Waals surface area contributed by atoms with Gasteiger partial charge in [0.1, 0.15) is 7.05 Å². The van der Waals surface area contributed by atoms with Crippen molar-refractivity contribution in [2.45, 2.75) is 0 Å². The SMILES string of the molecule is [3H]CN(N=O)C(=O)NCCNC(=O)c1ccc(-c2c3cc(N)ccc3c3ccc(N)cc3[n+]2C)cc1. The molecule has 0 saturated carbocycles. The van der Waals surface area contributed by atoms with Crippen LogP contribution in [0.25, 0.3) is 32.9 Å². The fourth-order valence-corrected chi connectivity index (χ4v) is 4.05. The number of pyridine rings is 1. The Labute approximate surface area is 202 Å². The molecule has 6 N–H and O–H groups in total. The Hall–Kier alpha value is -4.73. The molecule has 4 rings (SSSR count). The molecular weight excluding hydrogens is 446 g/mol. The maximum absolute atomic E-state index is 12.6. The van der Waals surface area contributed by atoms with E-state index in [2.05, 4.69) is 20.5 Å². The number of carbonyl (C=O) groups is 2. The van der Waals surface area contributed by atoms with E-state index in [0.717, 1.165) is 32.9 Å². The smallest absolute Gasteiger partial charge is 0.340 e. The third-order valence-electron chi connectivity index (χ3n) is 5.75. The monoisotopic (exact) mass is 474 g/mol. The van der Waals surface area contributed by atoms with Gasteiger partial charge in [-0.05, 0) is 48.5 Å². The van der Waals surface area contributed by atoms with E-state index < -0.39 is 13.1 Å². The largest absolute Gasteiger partial charge is 0.399 e. The summed E-state index contributed by atoms with van der Waals surface area (Å²) in [5, 5.41) is 11.1. The standard InChI is InChI=1S/C25H25N7O3/c1-31-22-14-18(27)8-10-20(22)19-9-7-17(26)13-21(19)23(31)15-3-5-16(6-4-15)24(33)28-11-12-29-25(34)32(2)30-35/h3-10,13-14,27H,11-12H2,1-2H3,(H4,26,28,29,33,34)/p+1/i2T. The van der Waals surface area contributed by atoms with Crippen molar-refractivity contribution in [2.24, 2.45) is 12.3 Å². The predicted molar refractivity (Wildman–Crippen MR) is 136 cm³/mol. The highest BCUT2D eigenvalue weighted by molar-refractivity contribution is 6.10. The van der Waals surface area contributed by atoms with Gasteiger partial charge in [0.25, 0.3) is 5.91 Å². The summed E-state index contributed by atoms with van der Waals surface area (Å²) in [6.07, 6.45) is 0. The molecule has 1 heterocycles. The molecule has 3 aromatic carbocycles. The van der Waals surface area contributed by atoms with Gasteiger partial charge in [0, 0.05) is 55.4 Å². The highest BCUT2D eigenvalue weighted by atomic mass is 16.3. The van der Waals surface area contributed by atoms with Crippen LogP contribution in [0.15, 0.2) is 65.9 Å². The molecule has 10 heteroatoms. The van der Waals surface area contributed by atoms with E-state index in [1.807, 2.05) is 55.6 Å². The van der Waals surface area contributed by atoms with Crippen molar-refractivity contribution in [2.75, 3.05) is 31.6 Å². The van der Waals surface area contributed by atoms with Crippen LogP contribution in [0.4, 0.5) is 16.2 Å². The van der Waals surface area contributed by atoms with Crippen molar-refractivity contribution >= 4 is 45.0 Å². The first-order chi connectivity index (χ1) is 17.3. The number of nitrogens with zero attached hydrogens (tertiary/aromatic N) is 3. The summed E-state index contributed by atoms with van der Waals surface area (Å²) in [5.41, 5.74) is 16.8. The Morgan fingerprint density at radius 2 is 1.60 bits per heavy atom. The van der Waals surface area contributed by atoms with E-state index >= 15 is 0 Å². The number of rotatable bonds is 6. The lowest BCUT2D eigenvalue weighted by atomic mass is 9.98. The second kappa shape index (κ2) is 9.64. The van der Waals surface area contributed by atoms with Gasteiger partial charge in [-0.25, -0.2) is 4.79 Å². The number of nitrogens with two attached hydrogens (primary N) is 2. The summed E-state index contributed by atoms with van der Waals surface area (Å²) in [4.78, 5) is 34.6. The number of amides is 3. The van der Waals surface area contributed by atoms with Crippen LogP contribution in [0.5, 0.6) is 0 Å². The second-order valence-corrected chi connectivity index (χ2v) is 8.04. The zero-order valence-corrected chi connectivity index (χ0v) is 19.1. The number of fused-ring (bicyclic) bond motifs is 3. The van der Waals surface area contributed by atoms with Crippen LogP contribution in [0.3, 0.4) is 0 Å². The summed E-state index contributed by atoms with van der Waals surface area (Å²) in [5.74, 6) is -0.313. The van der Waals surface area contributed by atoms with Gasteiger partial charge < -0.3 is 22.1 Å². The molecule has 0 saturated heterocycles. The van der Waals surface area contributed by atoms with Crippen LogP contribution >= 0.6 is 0 Å². The van der Waals surface area contributed by atoms with Crippen LogP contribution in [0.1, 0.15) is 11.7 Å². The molecule has 0 fully saturated rings. The minimum absolute atomic E-state index is 0.0815. The molecule has 0 aliphatic rings. The normalized spacial score (nSPS) is 11.2. The Morgan fingerprint density at radius 1 is 0.943 bits per heavy atom. The zero-order valence-electron chi connectivity index (χ0n) is 20.1. The molecule has 0 aliphatic heterocycles. The van der Waals surface area contributed by atoms with Gasteiger partial charge in [-0.1, -0.05) is 6.07 Å². The number of hydrogen-bond donors (Lipinski definition) is 4. The first-order valence-electron chi connectivity index (χ1n) is 11.5. The average Bonchev–Trinajstić information content (AvgIpc) is 2.87. The summed E-state index contributed by atoms with van der Waals surface area (Å²) in [6.45, 7) is 0.222. The van der Waals surface area contributed by atoms with Gasteiger partial charge in [-0.2, -0.15) is 9.58 Å². The fourth-order valence-electron chi connectivity index (χ4n) is 4.05. The summed E-state index contributed by atoms with van der Waals surface area (Å²) < 4.78 is 9.11. The van der Waals surface area contributed by atoms with Crippen LogP contribution in [0, 0.1) is 4.91 Å². The number of nitroso groups, excluding NO2 is 1. The van der Waals surface area contributed by atoms with Crippen molar-refractivity contribution in [1.29, 1.82) is 0 Å². The number of hydrogen-bond acceptors (Lipinski definition) is 6. The van der Waals surface area contributed by atoms with Crippen LogP contribution in [-0.4, -0.2) is 37.1 Å². The highest BCUT2D eigenvalue weighted by Crippen LogP contribution is 2.33. The number of nitrogens with one attached hydrogen (secondary N) is 2. The van der Waals surface area contributed by atoms with E-state index in [0.29, 0.717) is 21.9 Å². The summed E-state index contributed by atoms with van der Waals surface area (Å²) in [6, 6.07) is 18.0. The molecule has 0 bridgehead atoms. The van der Waals surface area contributed by atoms with Gasteiger partial charge in [-0.15, -0.1) is 4.91 Å². The number of aromatic nitrogens is 1. The zero-order chi connectivity index (χ0) is 25.8. The third-order valence-corrected chi connectivity index (χ3v) is 5.75. The molecule has 4 aromatic rings. The molecule has 0 radical (unpaired) electrons. The highest BCUT2D eigenvalue weighted by Gasteiger charge is 2.21.